The van der Waals surface area contributed by atoms with Gasteiger partial charge in [-0.1, -0.05) is 12.1 Å². The highest BCUT2D eigenvalue weighted by Gasteiger charge is 2.33. The summed E-state index contributed by atoms with van der Waals surface area (Å²) in [5.41, 5.74) is 1.18. The Kier molecular flexibility index (Phi) is 5.46. The van der Waals surface area contributed by atoms with Crippen LogP contribution in [0.25, 0.3) is 0 Å². The molecule has 1 aliphatic carbocycles. The van der Waals surface area contributed by atoms with Gasteiger partial charge in [-0.2, -0.15) is 0 Å². The van der Waals surface area contributed by atoms with Gasteiger partial charge in [-0.05, 0) is 75.9 Å². The van der Waals surface area contributed by atoms with E-state index in [0.29, 0.717) is 23.7 Å². The van der Waals surface area contributed by atoms with Crippen molar-refractivity contribution in [1.82, 2.24) is 15.1 Å². The molecule has 26 heavy (non-hydrogen) atoms. The third kappa shape index (κ3) is 4.57. The minimum atomic E-state index is 0.190. The van der Waals surface area contributed by atoms with E-state index in [9.17, 15) is 9.90 Å². The molecule has 0 bridgehead atoms. The maximum absolute atomic E-state index is 12.4. The fraction of sp³-hybridized carbons (Fsp3) is 0.667. The smallest absolute Gasteiger partial charge is 0.224 e. The Bertz CT molecular complexity index is 623. The summed E-state index contributed by atoms with van der Waals surface area (Å²) in [4.78, 5) is 17.4. The minimum Gasteiger partial charge on any atom is -0.508 e. The Hall–Kier alpha value is -1.59. The van der Waals surface area contributed by atoms with Crippen LogP contribution in [0, 0.1) is 5.92 Å². The van der Waals surface area contributed by atoms with E-state index in [-0.39, 0.29) is 5.92 Å². The average Bonchev–Trinajstić information content (AvgIpc) is 3.46. The number of amides is 1. The van der Waals surface area contributed by atoms with Crippen LogP contribution in [0.1, 0.15) is 44.1 Å². The van der Waals surface area contributed by atoms with Crippen LogP contribution in [0.5, 0.6) is 5.75 Å². The fourth-order valence-electron chi connectivity index (χ4n) is 4.45. The summed E-state index contributed by atoms with van der Waals surface area (Å²) in [6, 6.07) is 8.67. The van der Waals surface area contributed by atoms with Gasteiger partial charge in [0.05, 0.1) is 5.92 Å². The standard InChI is InChI=1S/C21H31N3O2/c25-20-5-1-3-16(13-20)14-23-11-8-19(9-12-23)24-10-2-4-17(15-24)21(26)22-18-6-7-18/h1,3,5,13,17-19,25H,2,4,6-12,14-15H2,(H,22,26). The molecule has 1 saturated carbocycles. The number of hydrogen-bond donors (Lipinski definition) is 2. The minimum absolute atomic E-state index is 0.190. The first kappa shape index (κ1) is 17.8. The number of nitrogens with one attached hydrogen (secondary N) is 1. The number of carbonyl (C=O) groups is 1. The lowest BCUT2D eigenvalue weighted by Gasteiger charge is -2.42. The molecular weight excluding hydrogens is 326 g/mol. The van der Waals surface area contributed by atoms with E-state index in [1.54, 1.807) is 6.07 Å². The van der Waals surface area contributed by atoms with Crippen molar-refractivity contribution in [2.24, 2.45) is 5.92 Å². The Morgan fingerprint density at radius 1 is 1.12 bits per heavy atom. The number of aromatic hydroxyl groups is 1. The number of likely N-dealkylation sites (tertiary alicyclic amines) is 2. The van der Waals surface area contributed by atoms with Gasteiger partial charge in [-0.25, -0.2) is 0 Å². The number of carbonyl (C=O) groups excluding carboxylic acids is 1. The topological polar surface area (TPSA) is 55.8 Å². The molecular formula is C21H31N3O2. The van der Waals surface area contributed by atoms with Gasteiger partial charge in [0.15, 0.2) is 0 Å². The van der Waals surface area contributed by atoms with E-state index in [1.807, 2.05) is 12.1 Å². The Balaban J connectivity index is 1.25. The Labute approximate surface area is 156 Å². The Morgan fingerprint density at radius 2 is 1.92 bits per heavy atom. The average molecular weight is 357 g/mol. The van der Waals surface area contributed by atoms with Crippen LogP contribution in [0.4, 0.5) is 0 Å². The van der Waals surface area contributed by atoms with Crippen molar-refractivity contribution in [1.29, 1.82) is 0 Å². The molecule has 3 fully saturated rings. The molecule has 3 aliphatic rings. The lowest BCUT2D eigenvalue weighted by atomic mass is 9.93. The van der Waals surface area contributed by atoms with Crippen molar-refractivity contribution >= 4 is 5.91 Å². The zero-order valence-corrected chi connectivity index (χ0v) is 15.6. The first-order valence-electron chi connectivity index (χ1n) is 10.2. The molecule has 2 heterocycles. The van der Waals surface area contributed by atoms with Crippen LogP contribution in [0.15, 0.2) is 24.3 Å². The molecule has 2 saturated heterocycles. The van der Waals surface area contributed by atoms with Gasteiger partial charge >= 0.3 is 0 Å². The monoisotopic (exact) mass is 357 g/mol. The van der Waals surface area contributed by atoms with E-state index in [2.05, 4.69) is 21.2 Å². The van der Waals surface area contributed by atoms with Crippen molar-refractivity contribution < 1.29 is 9.90 Å². The molecule has 2 N–H and O–H groups in total. The first-order valence-corrected chi connectivity index (χ1v) is 10.2. The SMILES string of the molecule is O=C(NC1CC1)C1CCCN(C2CCN(Cc3cccc(O)c3)CC2)C1. The largest absolute Gasteiger partial charge is 0.508 e. The predicted molar refractivity (Wildman–Crippen MR) is 102 cm³/mol. The number of piperidine rings is 2. The summed E-state index contributed by atoms with van der Waals surface area (Å²) in [6.45, 7) is 5.18. The summed E-state index contributed by atoms with van der Waals surface area (Å²) in [7, 11) is 0. The molecule has 0 spiro atoms. The number of hydrogen-bond acceptors (Lipinski definition) is 4. The maximum Gasteiger partial charge on any atom is 0.224 e. The molecule has 1 aromatic carbocycles. The molecule has 2 aliphatic heterocycles. The van der Waals surface area contributed by atoms with Gasteiger partial charge in [0.25, 0.3) is 0 Å². The molecule has 5 heteroatoms. The lowest BCUT2D eigenvalue weighted by molar-refractivity contribution is -0.127. The fourth-order valence-corrected chi connectivity index (χ4v) is 4.45. The number of nitrogens with zero attached hydrogens (tertiary/aromatic N) is 2. The molecule has 1 aromatic rings. The second-order valence-electron chi connectivity index (χ2n) is 8.29. The van der Waals surface area contributed by atoms with Crippen molar-refractivity contribution in [3.63, 3.8) is 0 Å². The molecule has 5 nitrogen and oxygen atoms in total. The summed E-state index contributed by atoms with van der Waals surface area (Å²) in [5, 5.41) is 12.8. The second kappa shape index (κ2) is 7.97. The molecule has 1 atom stereocenters. The van der Waals surface area contributed by atoms with Crippen LogP contribution in [-0.4, -0.2) is 59.1 Å². The Morgan fingerprint density at radius 3 is 2.65 bits per heavy atom. The summed E-state index contributed by atoms with van der Waals surface area (Å²) >= 11 is 0. The van der Waals surface area contributed by atoms with Crippen molar-refractivity contribution in [2.45, 2.75) is 57.2 Å². The molecule has 142 valence electrons. The van der Waals surface area contributed by atoms with Crippen molar-refractivity contribution in [2.75, 3.05) is 26.2 Å². The van der Waals surface area contributed by atoms with E-state index < -0.39 is 0 Å². The van der Waals surface area contributed by atoms with Gasteiger partial charge in [0, 0.05) is 25.2 Å². The number of rotatable bonds is 5. The normalized spacial score (nSPS) is 25.9. The van der Waals surface area contributed by atoms with Crippen LogP contribution in [-0.2, 0) is 11.3 Å². The molecule has 4 rings (SSSR count). The highest BCUT2D eigenvalue weighted by molar-refractivity contribution is 5.79. The lowest BCUT2D eigenvalue weighted by Crippen LogP contribution is -2.50. The maximum atomic E-state index is 12.4. The van der Waals surface area contributed by atoms with E-state index in [1.165, 1.54) is 31.2 Å². The van der Waals surface area contributed by atoms with Crippen LogP contribution in [0.3, 0.4) is 0 Å². The molecule has 1 amide bonds. The number of phenols is 1. The van der Waals surface area contributed by atoms with Crippen LogP contribution in [0.2, 0.25) is 0 Å². The van der Waals surface area contributed by atoms with Gasteiger partial charge in [0.2, 0.25) is 5.91 Å². The predicted octanol–water partition coefficient (Wildman–Crippen LogP) is 2.35. The van der Waals surface area contributed by atoms with Crippen LogP contribution >= 0.6 is 0 Å². The number of benzene rings is 1. The molecule has 0 aromatic heterocycles. The first-order chi connectivity index (χ1) is 12.7. The van der Waals surface area contributed by atoms with Gasteiger partial charge in [0.1, 0.15) is 5.75 Å². The highest BCUT2D eigenvalue weighted by atomic mass is 16.3. The zero-order valence-electron chi connectivity index (χ0n) is 15.6. The third-order valence-electron chi connectivity index (χ3n) is 6.14. The summed E-state index contributed by atoms with van der Waals surface area (Å²) in [5.74, 6) is 0.828. The van der Waals surface area contributed by atoms with Gasteiger partial charge in [-0.15, -0.1) is 0 Å². The van der Waals surface area contributed by atoms with E-state index in [4.69, 9.17) is 0 Å². The third-order valence-corrected chi connectivity index (χ3v) is 6.14. The van der Waals surface area contributed by atoms with E-state index >= 15 is 0 Å². The summed E-state index contributed by atoms with van der Waals surface area (Å²) < 4.78 is 0. The quantitative estimate of drug-likeness (QED) is 0.849. The molecule has 1 unspecified atom stereocenters. The second-order valence-corrected chi connectivity index (χ2v) is 8.29. The van der Waals surface area contributed by atoms with Gasteiger partial charge < -0.3 is 10.4 Å². The van der Waals surface area contributed by atoms with E-state index in [0.717, 1.165) is 45.6 Å². The molecule has 0 radical (unpaired) electrons. The van der Waals surface area contributed by atoms with Crippen molar-refractivity contribution in [3.8, 4) is 5.75 Å². The number of phenolic OH excluding ortho intramolecular Hbond substituents is 1. The summed E-state index contributed by atoms with van der Waals surface area (Å²) in [6.07, 6.45) is 6.88. The zero-order chi connectivity index (χ0) is 17.9. The highest BCUT2D eigenvalue weighted by Crippen LogP contribution is 2.26. The van der Waals surface area contributed by atoms with Crippen LogP contribution < -0.4 is 5.32 Å². The van der Waals surface area contributed by atoms with Gasteiger partial charge in [-0.3, -0.25) is 14.6 Å². The van der Waals surface area contributed by atoms with Crippen molar-refractivity contribution in [3.05, 3.63) is 29.8 Å².